The molecule has 7 nitrogen and oxygen atoms in total. The van der Waals surface area contributed by atoms with E-state index in [1.54, 1.807) is 13.8 Å². The van der Waals surface area contributed by atoms with Crippen LogP contribution in [0.2, 0.25) is 0 Å². The number of nitrogens with one attached hydrogen (secondary N) is 1. The number of benzene rings is 1. The van der Waals surface area contributed by atoms with Crippen molar-refractivity contribution < 1.29 is 22.7 Å². The molecule has 0 saturated heterocycles. The number of amides is 1. The first kappa shape index (κ1) is 24.3. The van der Waals surface area contributed by atoms with E-state index in [4.69, 9.17) is 4.74 Å². The van der Waals surface area contributed by atoms with E-state index in [9.17, 15) is 18.0 Å². The lowest BCUT2D eigenvalue weighted by atomic mass is 9.86. The number of hydrogen-bond acceptors (Lipinski definition) is 5. The third-order valence-electron chi connectivity index (χ3n) is 5.56. The van der Waals surface area contributed by atoms with Crippen molar-refractivity contribution in [1.29, 1.82) is 0 Å². The van der Waals surface area contributed by atoms with Gasteiger partial charge in [-0.1, -0.05) is 46.0 Å². The summed E-state index contributed by atoms with van der Waals surface area (Å²) in [5, 5.41) is 2.62. The van der Waals surface area contributed by atoms with Crippen LogP contribution in [-0.4, -0.2) is 44.3 Å². The van der Waals surface area contributed by atoms with Crippen molar-refractivity contribution >= 4 is 27.6 Å². The molecular weight excluding hydrogens is 404 g/mol. The molecule has 1 saturated carbocycles. The number of carbonyl (C=O) groups is 2. The van der Waals surface area contributed by atoms with Crippen LogP contribution in [0.4, 0.5) is 5.69 Å². The summed E-state index contributed by atoms with van der Waals surface area (Å²) >= 11 is 0. The van der Waals surface area contributed by atoms with Gasteiger partial charge in [-0.2, -0.15) is 4.31 Å². The van der Waals surface area contributed by atoms with Gasteiger partial charge in [-0.3, -0.25) is 9.59 Å². The molecule has 0 atom stereocenters. The quantitative estimate of drug-likeness (QED) is 0.528. The van der Waals surface area contributed by atoms with E-state index in [-0.39, 0.29) is 17.5 Å². The summed E-state index contributed by atoms with van der Waals surface area (Å²) in [7, 11) is -3.53. The Morgan fingerprint density at radius 2 is 1.70 bits per heavy atom. The molecule has 8 heteroatoms. The van der Waals surface area contributed by atoms with Gasteiger partial charge in [-0.05, 0) is 43.0 Å². The largest absolute Gasteiger partial charge is 0.456 e. The fourth-order valence-electron chi connectivity index (χ4n) is 3.85. The Labute approximate surface area is 180 Å². The SMILES string of the molecule is CCN(CC)S(=O)(=O)c1ccc(NC(=O)COC(=O)CCCC2CCCCC2)cc1. The highest BCUT2D eigenvalue weighted by Gasteiger charge is 2.21. The van der Waals surface area contributed by atoms with Gasteiger partial charge < -0.3 is 10.1 Å². The monoisotopic (exact) mass is 438 g/mol. The number of rotatable bonds is 11. The molecule has 1 aromatic rings. The molecular formula is C22H34N2O5S. The zero-order chi connectivity index (χ0) is 22.0. The van der Waals surface area contributed by atoms with Gasteiger partial charge in [0.2, 0.25) is 10.0 Å². The Bertz CT molecular complexity index is 782. The second-order valence-corrected chi connectivity index (χ2v) is 9.66. The summed E-state index contributed by atoms with van der Waals surface area (Å²) in [6, 6.07) is 5.97. The third kappa shape index (κ3) is 7.40. The van der Waals surface area contributed by atoms with Crippen molar-refractivity contribution in [3.63, 3.8) is 0 Å². The summed E-state index contributed by atoms with van der Waals surface area (Å²) in [6.45, 7) is 4.01. The number of esters is 1. The molecule has 2 rings (SSSR count). The first-order valence-corrected chi connectivity index (χ1v) is 12.4. The Balaban J connectivity index is 1.73. The summed E-state index contributed by atoms with van der Waals surface area (Å²) in [6.07, 6.45) is 8.59. The highest BCUT2D eigenvalue weighted by atomic mass is 32.2. The second-order valence-electron chi connectivity index (χ2n) is 7.72. The lowest BCUT2D eigenvalue weighted by Crippen LogP contribution is -2.30. The highest BCUT2D eigenvalue weighted by molar-refractivity contribution is 7.89. The number of hydrogen-bond donors (Lipinski definition) is 1. The molecule has 0 spiro atoms. The predicted octanol–water partition coefficient (Wildman–Crippen LogP) is 3.95. The number of ether oxygens (including phenoxy) is 1. The van der Waals surface area contributed by atoms with Crippen LogP contribution in [0.1, 0.15) is 65.2 Å². The predicted molar refractivity (Wildman–Crippen MR) is 117 cm³/mol. The second kappa shape index (κ2) is 12.1. The maximum Gasteiger partial charge on any atom is 0.306 e. The number of carbonyl (C=O) groups excluding carboxylic acids is 2. The van der Waals surface area contributed by atoms with Crippen LogP contribution in [0.15, 0.2) is 29.2 Å². The van der Waals surface area contributed by atoms with Crippen LogP contribution in [0.5, 0.6) is 0 Å². The maximum absolute atomic E-state index is 12.5. The third-order valence-corrected chi connectivity index (χ3v) is 7.63. The van der Waals surface area contributed by atoms with Gasteiger partial charge in [0.25, 0.3) is 5.91 Å². The van der Waals surface area contributed by atoms with Gasteiger partial charge in [0.1, 0.15) is 0 Å². The molecule has 1 aromatic carbocycles. The normalized spacial score (nSPS) is 15.2. The van der Waals surface area contributed by atoms with Crippen molar-refractivity contribution in [2.24, 2.45) is 5.92 Å². The van der Waals surface area contributed by atoms with Crippen molar-refractivity contribution in [2.75, 3.05) is 25.0 Å². The van der Waals surface area contributed by atoms with Crippen LogP contribution >= 0.6 is 0 Å². The smallest absolute Gasteiger partial charge is 0.306 e. The van der Waals surface area contributed by atoms with E-state index in [2.05, 4.69) is 5.32 Å². The first-order chi connectivity index (χ1) is 14.4. The lowest BCUT2D eigenvalue weighted by Gasteiger charge is -2.20. The van der Waals surface area contributed by atoms with Crippen LogP contribution < -0.4 is 5.32 Å². The van der Waals surface area contributed by atoms with E-state index in [0.717, 1.165) is 18.8 Å². The molecule has 0 bridgehead atoms. The van der Waals surface area contributed by atoms with Gasteiger partial charge in [0, 0.05) is 25.2 Å². The molecule has 0 radical (unpaired) electrons. The van der Waals surface area contributed by atoms with Gasteiger partial charge >= 0.3 is 5.97 Å². The number of anilines is 1. The average molecular weight is 439 g/mol. The Kier molecular flexibility index (Phi) is 9.78. The summed E-state index contributed by atoms with van der Waals surface area (Å²) < 4.78 is 31.4. The maximum atomic E-state index is 12.5. The molecule has 1 aliphatic rings. The number of nitrogens with zero attached hydrogens (tertiary/aromatic N) is 1. The lowest BCUT2D eigenvalue weighted by molar-refractivity contribution is -0.147. The van der Waals surface area contributed by atoms with Crippen molar-refractivity contribution in [1.82, 2.24) is 4.31 Å². The Morgan fingerprint density at radius 3 is 2.30 bits per heavy atom. The fourth-order valence-corrected chi connectivity index (χ4v) is 5.31. The summed E-state index contributed by atoms with van der Waals surface area (Å²) in [5.74, 6) is -0.0834. The van der Waals surface area contributed by atoms with Crippen molar-refractivity contribution in [3.05, 3.63) is 24.3 Å². The van der Waals surface area contributed by atoms with E-state index < -0.39 is 15.9 Å². The molecule has 0 aromatic heterocycles. The van der Waals surface area contributed by atoms with E-state index >= 15 is 0 Å². The minimum atomic E-state index is -3.53. The summed E-state index contributed by atoms with van der Waals surface area (Å²) in [4.78, 5) is 24.0. The van der Waals surface area contributed by atoms with Crippen LogP contribution in [-0.2, 0) is 24.3 Å². The molecule has 1 fully saturated rings. The average Bonchev–Trinajstić information content (AvgIpc) is 2.74. The van der Waals surface area contributed by atoms with Crippen LogP contribution in [0.25, 0.3) is 0 Å². The molecule has 0 unspecified atom stereocenters. The molecule has 1 amide bonds. The zero-order valence-electron chi connectivity index (χ0n) is 18.1. The first-order valence-electron chi connectivity index (χ1n) is 10.9. The highest BCUT2D eigenvalue weighted by Crippen LogP contribution is 2.27. The summed E-state index contributed by atoms with van der Waals surface area (Å²) in [5.41, 5.74) is 0.451. The van der Waals surface area contributed by atoms with E-state index in [1.807, 2.05) is 0 Å². The molecule has 1 N–H and O–H groups in total. The molecule has 1 aliphatic carbocycles. The van der Waals surface area contributed by atoms with Gasteiger partial charge in [0.05, 0.1) is 4.90 Å². The Morgan fingerprint density at radius 1 is 1.07 bits per heavy atom. The zero-order valence-corrected chi connectivity index (χ0v) is 18.9. The van der Waals surface area contributed by atoms with E-state index in [0.29, 0.717) is 25.2 Å². The van der Waals surface area contributed by atoms with E-state index in [1.165, 1.54) is 60.7 Å². The Hall–Kier alpha value is -1.93. The van der Waals surface area contributed by atoms with Gasteiger partial charge in [-0.15, -0.1) is 0 Å². The topological polar surface area (TPSA) is 92.8 Å². The standard InChI is InChI=1S/C22H34N2O5S/c1-3-24(4-2)30(27,28)20-15-13-19(14-16-20)23-21(25)17-29-22(26)12-8-11-18-9-6-5-7-10-18/h13-16,18H,3-12,17H2,1-2H3,(H,23,25). The van der Waals surface area contributed by atoms with Gasteiger partial charge in [-0.25, -0.2) is 8.42 Å². The molecule has 0 heterocycles. The minimum Gasteiger partial charge on any atom is -0.456 e. The molecule has 0 aliphatic heterocycles. The van der Waals surface area contributed by atoms with Gasteiger partial charge in [0.15, 0.2) is 6.61 Å². The number of sulfonamides is 1. The van der Waals surface area contributed by atoms with Crippen LogP contribution in [0.3, 0.4) is 0 Å². The molecule has 168 valence electrons. The molecule has 30 heavy (non-hydrogen) atoms. The fraction of sp³-hybridized carbons (Fsp3) is 0.636. The van der Waals surface area contributed by atoms with Crippen molar-refractivity contribution in [3.8, 4) is 0 Å². The van der Waals surface area contributed by atoms with Crippen LogP contribution in [0, 0.1) is 5.92 Å². The minimum absolute atomic E-state index is 0.175. The van der Waals surface area contributed by atoms with Crippen molar-refractivity contribution in [2.45, 2.75) is 70.1 Å².